The van der Waals surface area contributed by atoms with Gasteiger partial charge in [0.25, 0.3) is 0 Å². The Morgan fingerprint density at radius 3 is 2.50 bits per heavy atom. The first kappa shape index (κ1) is 20.2. The molecule has 0 aliphatic carbocycles. The number of phenolic OH excluding ortho intramolecular Hbond substituents is 2. The minimum absolute atomic E-state index is 0.00518. The van der Waals surface area contributed by atoms with E-state index in [0.29, 0.717) is 13.1 Å². The third-order valence-corrected chi connectivity index (χ3v) is 6.17. The summed E-state index contributed by atoms with van der Waals surface area (Å²) in [5.74, 6) is 0.408. The lowest BCUT2D eigenvalue weighted by atomic mass is 9.91. The fraction of sp³-hybridized carbons (Fsp3) is 0.192. The molecule has 0 saturated carbocycles. The van der Waals surface area contributed by atoms with E-state index in [1.165, 1.54) is 5.56 Å². The summed E-state index contributed by atoms with van der Waals surface area (Å²) in [5.41, 5.74) is 11.6. The molecule has 6 heteroatoms. The third-order valence-electron chi connectivity index (χ3n) is 6.17. The van der Waals surface area contributed by atoms with Crippen LogP contribution in [0, 0.1) is 0 Å². The quantitative estimate of drug-likeness (QED) is 0.394. The van der Waals surface area contributed by atoms with Crippen molar-refractivity contribution in [1.29, 1.82) is 0 Å². The van der Waals surface area contributed by atoms with Crippen LogP contribution >= 0.6 is 0 Å². The van der Waals surface area contributed by atoms with E-state index < -0.39 is 0 Å². The molecule has 5 rings (SSSR count). The average molecular weight is 428 g/mol. The predicted octanol–water partition coefficient (Wildman–Crippen LogP) is 4.07. The highest BCUT2D eigenvalue weighted by Gasteiger charge is 2.34. The first-order valence-corrected chi connectivity index (χ1v) is 10.8. The van der Waals surface area contributed by atoms with Crippen molar-refractivity contribution >= 4 is 16.8 Å². The fourth-order valence-corrected chi connectivity index (χ4v) is 4.73. The number of aromatic amines is 1. The van der Waals surface area contributed by atoms with Crippen LogP contribution in [-0.2, 0) is 11.2 Å². The van der Waals surface area contributed by atoms with Crippen molar-refractivity contribution in [2.75, 3.05) is 13.1 Å². The van der Waals surface area contributed by atoms with Gasteiger partial charge in [-0.15, -0.1) is 0 Å². The van der Waals surface area contributed by atoms with Crippen molar-refractivity contribution in [1.82, 2.24) is 9.88 Å². The summed E-state index contributed by atoms with van der Waals surface area (Å²) in [6.45, 7) is 0.879. The number of nitrogens with one attached hydrogen (secondary N) is 1. The highest BCUT2D eigenvalue weighted by molar-refractivity contribution is 5.90. The van der Waals surface area contributed by atoms with Gasteiger partial charge in [-0.3, -0.25) is 4.79 Å². The molecule has 1 atom stereocenters. The summed E-state index contributed by atoms with van der Waals surface area (Å²) in [5, 5.41) is 21.1. The number of carbonyl (C=O) groups is 1. The van der Waals surface area contributed by atoms with Crippen LogP contribution in [-0.4, -0.2) is 39.1 Å². The van der Waals surface area contributed by atoms with Gasteiger partial charge < -0.3 is 25.8 Å². The molecule has 3 aromatic carbocycles. The van der Waals surface area contributed by atoms with Crippen LogP contribution in [0.25, 0.3) is 22.0 Å². The number of amides is 1. The van der Waals surface area contributed by atoms with Crippen molar-refractivity contribution in [2.24, 2.45) is 5.73 Å². The summed E-state index contributed by atoms with van der Waals surface area (Å²) in [6, 6.07) is 20.2. The van der Waals surface area contributed by atoms with Crippen molar-refractivity contribution in [3.63, 3.8) is 0 Å². The number of rotatable bonds is 4. The van der Waals surface area contributed by atoms with Crippen LogP contribution in [0.5, 0.6) is 11.5 Å². The van der Waals surface area contributed by atoms with E-state index in [1.807, 2.05) is 35.2 Å². The molecule has 1 aromatic heterocycles. The smallest absolute Gasteiger partial charge is 0.224 e. The van der Waals surface area contributed by atoms with Crippen LogP contribution in [0.15, 0.2) is 66.7 Å². The number of phenols is 2. The number of aromatic hydroxyl groups is 2. The second kappa shape index (κ2) is 8.05. The SMILES string of the molecule is NCCC(=O)N1CCc2c([nH]c3ccc(-c4cccc(O)c4)cc23)C1c1cccc(O)c1. The summed E-state index contributed by atoms with van der Waals surface area (Å²) < 4.78 is 0. The van der Waals surface area contributed by atoms with E-state index in [2.05, 4.69) is 11.1 Å². The number of H-pyrrole nitrogens is 1. The maximum absolute atomic E-state index is 12.9. The molecule has 4 aromatic rings. The Balaban J connectivity index is 1.65. The molecule has 0 saturated heterocycles. The lowest BCUT2D eigenvalue weighted by Crippen LogP contribution is -2.41. The standard InChI is InChI=1S/C26H25N3O3/c27-11-9-24(32)29-12-10-21-22-15-17(16-3-1-5-19(30)13-16)7-8-23(22)28-25(21)26(29)18-4-2-6-20(31)14-18/h1-8,13-15,26,28,30-31H,9-12,27H2. The number of aromatic nitrogens is 1. The molecule has 1 unspecified atom stereocenters. The first-order chi connectivity index (χ1) is 15.5. The van der Waals surface area contributed by atoms with Crippen LogP contribution < -0.4 is 5.73 Å². The maximum atomic E-state index is 12.9. The average Bonchev–Trinajstić information content (AvgIpc) is 3.16. The highest BCUT2D eigenvalue weighted by Crippen LogP contribution is 2.40. The minimum Gasteiger partial charge on any atom is -0.508 e. The molecule has 0 bridgehead atoms. The molecule has 162 valence electrons. The summed E-state index contributed by atoms with van der Waals surface area (Å²) in [4.78, 5) is 18.3. The highest BCUT2D eigenvalue weighted by atomic mass is 16.3. The molecule has 0 spiro atoms. The van der Waals surface area contributed by atoms with E-state index in [9.17, 15) is 15.0 Å². The second-order valence-corrected chi connectivity index (χ2v) is 8.20. The van der Waals surface area contributed by atoms with Gasteiger partial charge in [-0.25, -0.2) is 0 Å². The van der Waals surface area contributed by atoms with Gasteiger partial charge >= 0.3 is 0 Å². The van der Waals surface area contributed by atoms with E-state index in [1.54, 1.807) is 30.3 Å². The molecule has 0 fully saturated rings. The number of hydrogen-bond donors (Lipinski definition) is 4. The fourth-order valence-electron chi connectivity index (χ4n) is 4.73. The molecule has 6 nitrogen and oxygen atoms in total. The monoisotopic (exact) mass is 427 g/mol. The van der Waals surface area contributed by atoms with Gasteiger partial charge in [0, 0.05) is 36.1 Å². The Kier molecular flexibility index (Phi) is 5.07. The molecule has 1 aliphatic heterocycles. The normalized spacial score (nSPS) is 15.7. The van der Waals surface area contributed by atoms with Gasteiger partial charge in [-0.05, 0) is 65.1 Å². The zero-order valence-electron chi connectivity index (χ0n) is 17.6. The zero-order valence-corrected chi connectivity index (χ0v) is 17.6. The van der Waals surface area contributed by atoms with Crippen molar-refractivity contribution < 1.29 is 15.0 Å². The molecule has 1 aliphatic rings. The number of benzene rings is 3. The van der Waals surface area contributed by atoms with Crippen LogP contribution in [0.4, 0.5) is 0 Å². The largest absolute Gasteiger partial charge is 0.508 e. The van der Waals surface area contributed by atoms with E-state index in [4.69, 9.17) is 5.73 Å². The lowest BCUT2D eigenvalue weighted by Gasteiger charge is -2.36. The molecule has 2 heterocycles. The minimum atomic E-state index is -0.318. The van der Waals surface area contributed by atoms with E-state index in [0.717, 1.165) is 39.7 Å². The van der Waals surface area contributed by atoms with Crippen molar-refractivity contribution in [3.05, 3.63) is 83.6 Å². The number of fused-ring (bicyclic) bond motifs is 3. The number of nitrogens with two attached hydrogens (primary N) is 1. The summed E-state index contributed by atoms with van der Waals surface area (Å²) in [6.07, 6.45) is 1.01. The van der Waals surface area contributed by atoms with E-state index >= 15 is 0 Å². The number of nitrogens with zero attached hydrogens (tertiary/aromatic N) is 1. The molecule has 0 radical (unpaired) electrons. The van der Waals surface area contributed by atoms with Gasteiger partial charge in [-0.1, -0.05) is 30.3 Å². The molecule has 1 amide bonds. The van der Waals surface area contributed by atoms with Gasteiger partial charge in [0.2, 0.25) is 5.91 Å². The molecular formula is C26H25N3O3. The molecule has 5 N–H and O–H groups in total. The topological polar surface area (TPSA) is 103 Å². The van der Waals surface area contributed by atoms with Crippen LogP contribution in [0.1, 0.15) is 29.3 Å². The van der Waals surface area contributed by atoms with Gasteiger partial charge in [0.05, 0.1) is 6.04 Å². The second-order valence-electron chi connectivity index (χ2n) is 8.20. The van der Waals surface area contributed by atoms with Gasteiger partial charge in [0.15, 0.2) is 0 Å². The van der Waals surface area contributed by atoms with Crippen molar-refractivity contribution in [2.45, 2.75) is 18.9 Å². The van der Waals surface area contributed by atoms with Crippen molar-refractivity contribution in [3.8, 4) is 22.6 Å². The van der Waals surface area contributed by atoms with E-state index in [-0.39, 0.29) is 29.9 Å². The number of hydrogen-bond acceptors (Lipinski definition) is 4. The summed E-state index contributed by atoms with van der Waals surface area (Å²) >= 11 is 0. The lowest BCUT2D eigenvalue weighted by molar-refractivity contribution is -0.133. The Hall–Kier alpha value is -3.77. The van der Waals surface area contributed by atoms with Gasteiger partial charge in [0.1, 0.15) is 11.5 Å². The van der Waals surface area contributed by atoms with Gasteiger partial charge in [-0.2, -0.15) is 0 Å². The Labute approximate surface area is 185 Å². The Bertz CT molecular complexity index is 1310. The zero-order chi connectivity index (χ0) is 22.2. The van der Waals surface area contributed by atoms with Crippen LogP contribution in [0.3, 0.4) is 0 Å². The Morgan fingerprint density at radius 1 is 1.00 bits per heavy atom. The number of carbonyl (C=O) groups excluding carboxylic acids is 1. The third kappa shape index (κ3) is 3.48. The molecular weight excluding hydrogens is 402 g/mol. The maximum Gasteiger partial charge on any atom is 0.224 e. The Morgan fingerprint density at radius 2 is 1.75 bits per heavy atom. The predicted molar refractivity (Wildman–Crippen MR) is 124 cm³/mol. The first-order valence-electron chi connectivity index (χ1n) is 10.8. The summed E-state index contributed by atoms with van der Waals surface area (Å²) in [7, 11) is 0. The molecule has 32 heavy (non-hydrogen) atoms. The van der Waals surface area contributed by atoms with Crippen LogP contribution in [0.2, 0.25) is 0 Å².